The Morgan fingerprint density at radius 2 is 1.53 bits per heavy atom. The Morgan fingerprint density at radius 1 is 0.947 bits per heavy atom. The van der Waals surface area contributed by atoms with Crippen LogP contribution in [0.4, 0.5) is 20.2 Å². The molecule has 0 fully saturated rings. The second kappa shape index (κ2) is 5.14. The third-order valence-corrected chi connectivity index (χ3v) is 2.72. The van der Waals surface area contributed by atoms with E-state index in [-0.39, 0.29) is 11.5 Å². The highest BCUT2D eigenvalue weighted by Gasteiger charge is 2.10. The lowest BCUT2D eigenvalue weighted by molar-refractivity contribution is -0.435. The molecule has 2 rings (SSSR count). The van der Waals surface area contributed by atoms with Crippen LogP contribution < -0.4 is 0 Å². The topological polar surface area (TPSA) is 38.4 Å². The molecule has 0 N–H and O–H groups in total. The van der Waals surface area contributed by atoms with Crippen molar-refractivity contribution in [3.63, 3.8) is 0 Å². The molecule has 0 bridgehead atoms. The number of hydrogen-bond donors (Lipinski definition) is 0. The zero-order valence-electron chi connectivity index (χ0n) is 10.5. The van der Waals surface area contributed by atoms with Crippen LogP contribution in [0.5, 0.6) is 0 Å². The summed E-state index contributed by atoms with van der Waals surface area (Å²) >= 11 is 0. The van der Waals surface area contributed by atoms with Gasteiger partial charge in [-0.3, -0.25) is 0 Å². The molecule has 3 nitrogen and oxygen atoms in total. The molecule has 0 spiro atoms. The first-order valence-corrected chi connectivity index (χ1v) is 5.68. The van der Waals surface area contributed by atoms with Gasteiger partial charge in [0.15, 0.2) is 0 Å². The molecule has 0 atom stereocenters. The third kappa shape index (κ3) is 2.93. The van der Waals surface area contributed by atoms with Crippen molar-refractivity contribution in [2.45, 2.75) is 13.8 Å². The van der Waals surface area contributed by atoms with Crippen molar-refractivity contribution in [3.8, 4) is 0 Å². The van der Waals surface area contributed by atoms with E-state index in [2.05, 4.69) is 5.11 Å². The quantitative estimate of drug-likeness (QED) is 0.446. The minimum Gasteiger partial charge on any atom is -0.594 e. The maximum atomic E-state index is 13.0. The van der Waals surface area contributed by atoms with Crippen molar-refractivity contribution in [1.29, 1.82) is 0 Å². The highest BCUT2D eigenvalue weighted by Crippen LogP contribution is 2.24. The van der Waals surface area contributed by atoms with Crippen LogP contribution in [0, 0.1) is 30.7 Å². The van der Waals surface area contributed by atoms with Gasteiger partial charge in [0, 0.05) is 16.7 Å². The molecule has 0 unspecified atom stereocenters. The molecule has 0 aromatic heterocycles. The molecule has 0 saturated carbocycles. The molecule has 0 saturated heterocycles. The predicted molar refractivity (Wildman–Crippen MR) is 67.6 cm³/mol. The Bertz CT molecular complexity index is 654. The highest BCUT2D eigenvalue weighted by atomic mass is 19.1. The van der Waals surface area contributed by atoms with Crippen molar-refractivity contribution in [3.05, 3.63) is 64.4 Å². The largest absolute Gasteiger partial charge is 0.594 e. The Kier molecular flexibility index (Phi) is 3.55. The Hall–Kier alpha value is -2.30. The van der Waals surface area contributed by atoms with Gasteiger partial charge in [0.2, 0.25) is 5.69 Å². The molecular weight excluding hydrogens is 250 g/mol. The maximum Gasteiger partial charge on any atom is 0.247 e. The molecule has 0 aliphatic carbocycles. The van der Waals surface area contributed by atoms with Crippen molar-refractivity contribution in [2.75, 3.05) is 0 Å². The summed E-state index contributed by atoms with van der Waals surface area (Å²) in [5.41, 5.74) is 1.67. The average Bonchev–Trinajstić information content (AvgIpc) is 2.32. The van der Waals surface area contributed by atoms with Crippen LogP contribution in [-0.4, -0.2) is 4.86 Å². The van der Waals surface area contributed by atoms with E-state index < -0.39 is 5.82 Å². The van der Waals surface area contributed by atoms with E-state index >= 15 is 0 Å². The summed E-state index contributed by atoms with van der Waals surface area (Å²) in [5.74, 6) is -0.792. The normalized spacial score (nSPS) is 11.7. The standard InChI is InChI=1S/C14H12F2N2O/c1-9-7-11(15)3-5-13(9)17-18(19)14-6-4-12(16)8-10(14)2/h3-8H,1-2H3. The van der Waals surface area contributed by atoms with E-state index in [4.69, 9.17) is 0 Å². The third-order valence-electron chi connectivity index (χ3n) is 2.72. The number of halogens is 2. The zero-order valence-corrected chi connectivity index (χ0v) is 10.5. The SMILES string of the molecule is Cc1cc(F)ccc1N=[N+]([O-])c1ccc(F)cc1C. The molecule has 0 heterocycles. The van der Waals surface area contributed by atoms with E-state index in [1.165, 1.54) is 36.4 Å². The number of nitrogens with zero attached hydrogens (tertiary/aromatic N) is 2. The number of azo groups is 1. The maximum absolute atomic E-state index is 13.0. The van der Waals surface area contributed by atoms with Gasteiger partial charge in [-0.25, -0.2) is 8.78 Å². The summed E-state index contributed by atoms with van der Waals surface area (Å²) < 4.78 is 25.9. The van der Waals surface area contributed by atoms with Gasteiger partial charge in [-0.05, 0) is 54.6 Å². The van der Waals surface area contributed by atoms with E-state index in [9.17, 15) is 14.0 Å². The smallest absolute Gasteiger partial charge is 0.247 e. The number of aryl methyl sites for hydroxylation is 2. The van der Waals surface area contributed by atoms with Crippen molar-refractivity contribution < 1.29 is 13.6 Å². The second-order valence-electron chi connectivity index (χ2n) is 4.23. The van der Waals surface area contributed by atoms with E-state index in [0.717, 1.165) is 0 Å². The van der Waals surface area contributed by atoms with Gasteiger partial charge < -0.3 is 5.21 Å². The lowest BCUT2D eigenvalue weighted by atomic mass is 10.2. The molecule has 98 valence electrons. The lowest BCUT2D eigenvalue weighted by Crippen LogP contribution is -1.94. The summed E-state index contributed by atoms with van der Waals surface area (Å²) in [5, 5.41) is 15.8. The van der Waals surface area contributed by atoms with E-state index in [1.54, 1.807) is 13.8 Å². The molecule has 2 aromatic carbocycles. The first-order valence-electron chi connectivity index (χ1n) is 5.68. The van der Waals surface area contributed by atoms with Gasteiger partial charge in [-0.2, -0.15) is 0 Å². The second-order valence-corrected chi connectivity index (χ2v) is 4.23. The van der Waals surface area contributed by atoms with Gasteiger partial charge in [0.25, 0.3) is 0 Å². The molecule has 0 radical (unpaired) electrons. The molecule has 19 heavy (non-hydrogen) atoms. The number of rotatable bonds is 2. The fourth-order valence-corrected chi connectivity index (χ4v) is 1.72. The summed E-state index contributed by atoms with van der Waals surface area (Å²) in [6, 6.07) is 7.77. The summed E-state index contributed by atoms with van der Waals surface area (Å²) in [7, 11) is 0. The van der Waals surface area contributed by atoms with Gasteiger partial charge in [-0.1, -0.05) is 0 Å². The monoisotopic (exact) mass is 262 g/mol. The fourth-order valence-electron chi connectivity index (χ4n) is 1.72. The number of benzene rings is 2. The first kappa shape index (κ1) is 13.1. The predicted octanol–water partition coefficient (Wildman–Crippen LogP) is 4.51. The molecule has 0 amide bonds. The minimum atomic E-state index is -0.410. The molecule has 2 aromatic rings. The Morgan fingerprint density at radius 3 is 2.11 bits per heavy atom. The zero-order chi connectivity index (χ0) is 14.0. The van der Waals surface area contributed by atoms with Crippen molar-refractivity contribution in [1.82, 2.24) is 0 Å². The Labute approximate surface area is 109 Å². The lowest BCUT2D eigenvalue weighted by Gasteiger charge is -2.04. The molecule has 0 aliphatic heterocycles. The molecule has 5 heteroatoms. The van der Waals surface area contributed by atoms with Crippen LogP contribution in [0.15, 0.2) is 41.5 Å². The number of hydrogen-bond acceptors (Lipinski definition) is 2. The fraction of sp³-hybridized carbons (Fsp3) is 0.143. The minimum absolute atomic E-state index is 0.255. The van der Waals surface area contributed by atoms with Crippen LogP contribution in [0.25, 0.3) is 0 Å². The summed E-state index contributed by atoms with van der Waals surface area (Å²) in [6.07, 6.45) is 0. The van der Waals surface area contributed by atoms with Crippen LogP contribution in [0.3, 0.4) is 0 Å². The summed E-state index contributed by atoms with van der Waals surface area (Å²) in [4.78, 5) is 0.412. The van der Waals surface area contributed by atoms with Gasteiger partial charge in [0.1, 0.15) is 17.3 Å². The first-order chi connectivity index (χ1) is 8.97. The molecular formula is C14H12F2N2O. The van der Waals surface area contributed by atoms with Gasteiger partial charge in [0.05, 0.1) is 0 Å². The Balaban J connectivity index is 2.42. The highest BCUT2D eigenvalue weighted by molar-refractivity contribution is 5.45. The van der Waals surface area contributed by atoms with Gasteiger partial charge in [-0.15, -0.1) is 0 Å². The summed E-state index contributed by atoms with van der Waals surface area (Å²) in [6.45, 7) is 3.28. The van der Waals surface area contributed by atoms with Crippen molar-refractivity contribution >= 4 is 11.4 Å². The molecule has 0 aliphatic rings. The van der Waals surface area contributed by atoms with Crippen LogP contribution in [0.1, 0.15) is 11.1 Å². The van der Waals surface area contributed by atoms with Crippen molar-refractivity contribution in [2.24, 2.45) is 5.11 Å². The van der Waals surface area contributed by atoms with Crippen LogP contribution in [0.2, 0.25) is 0 Å². The van der Waals surface area contributed by atoms with Crippen LogP contribution >= 0.6 is 0 Å². The average molecular weight is 262 g/mol. The van der Waals surface area contributed by atoms with Crippen LogP contribution in [-0.2, 0) is 0 Å². The van der Waals surface area contributed by atoms with E-state index in [1.807, 2.05) is 0 Å². The van der Waals surface area contributed by atoms with Gasteiger partial charge >= 0.3 is 0 Å². The van der Waals surface area contributed by atoms with E-state index in [0.29, 0.717) is 21.7 Å².